The first kappa shape index (κ1) is 11.2. The Kier molecular flexibility index (Phi) is 3.31. The first-order valence-electron chi connectivity index (χ1n) is 5.23. The van der Waals surface area contributed by atoms with Crippen molar-refractivity contribution in [3.05, 3.63) is 34.7 Å². The van der Waals surface area contributed by atoms with Gasteiger partial charge >= 0.3 is 5.69 Å². The zero-order valence-corrected chi connectivity index (χ0v) is 9.65. The maximum Gasteiger partial charge on any atom is 0.329 e. The van der Waals surface area contributed by atoms with Gasteiger partial charge in [0, 0.05) is 25.5 Å². The minimum Gasteiger partial charge on any atom is -0.329 e. The molecule has 1 aromatic heterocycles. The van der Waals surface area contributed by atoms with Crippen LogP contribution in [0.2, 0.25) is 0 Å². The SMILES string of the molecule is NCCn1c(=O)n(CCCl)c2ccccc21. The van der Waals surface area contributed by atoms with Crippen LogP contribution >= 0.6 is 11.6 Å². The van der Waals surface area contributed by atoms with E-state index in [2.05, 4.69) is 0 Å². The molecule has 16 heavy (non-hydrogen) atoms. The Bertz CT molecular complexity index is 498. The summed E-state index contributed by atoms with van der Waals surface area (Å²) in [4.78, 5) is 12.1. The predicted octanol–water partition coefficient (Wildman–Crippen LogP) is 1.00. The van der Waals surface area contributed by atoms with Crippen molar-refractivity contribution in [3.8, 4) is 0 Å². The largest absolute Gasteiger partial charge is 0.329 e. The van der Waals surface area contributed by atoms with Crippen LogP contribution in [0.1, 0.15) is 0 Å². The lowest BCUT2D eigenvalue weighted by atomic mass is 10.3. The number of halogens is 1. The second kappa shape index (κ2) is 4.72. The van der Waals surface area contributed by atoms with Crippen LogP contribution in [0.5, 0.6) is 0 Å². The van der Waals surface area contributed by atoms with Crippen LogP contribution in [0.3, 0.4) is 0 Å². The molecule has 86 valence electrons. The molecule has 1 aromatic carbocycles. The van der Waals surface area contributed by atoms with E-state index in [0.29, 0.717) is 25.5 Å². The summed E-state index contributed by atoms with van der Waals surface area (Å²) in [6.07, 6.45) is 0. The molecule has 0 bridgehead atoms. The van der Waals surface area contributed by atoms with Gasteiger partial charge < -0.3 is 5.73 Å². The molecule has 0 atom stereocenters. The number of para-hydroxylation sites is 2. The van der Waals surface area contributed by atoms with Crippen LogP contribution in [-0.4, -0.2) is 21.6 Å². The van der Waals surface area contributed by atoms with Gasteiger partial charge in [-0.2, -0.15) is 0 Å². The fourth-order valence-electron chi connectivity index (χ4n) is 1.92. The summed E-state index contributed by atoms with van der Waals surface area (Å²) in [5.74, 6) is 0.427. The van der Waals surface area contributed by atoms with Crippen LogP contribution in [0.15, 0.2) is 29.1 Å². The number of aromatic nitrogens is 2. The van der Waals surface area contributed by atoms with Crippen molar-refractivity contribution in [2.75, 3.05) is 12.4 Å². The van der Waals surface area contributed by atoms with Gasteiger partial charge in [-0.05, 0) is 12.1 Å². The number of aryl methyl sites for hydroxylation is 1. The molecule has 0 spiro atoms. The summed E-state index contributed by atoms with van der Waals surface area (Å²) < 4.78 is 3.39. The van der Waals surface area contributed by atoms with E-state index in [1.165, 1.54) is 0 Å². The molecule has 5 heteroatoms. The average Bonchev–Trinajstić information content (AvgIpc) is 2.56. The number of hydrogen-bond donors (Lipinski definition) is 1. The Balaban J connectivity index is 2.70. The highest BCUT2D eigenvalue weighted by Crippen LogP contribution is 2.12. The van der Waals surface area contributed by atoms with Crippen molar-refractivity contribution >= 4 is 22.6 Å². The second-order valence-electron chi connectivity index (χ2n) is 3.55. The first-order valence-corrected chi connectivity index (χ1v) is 5.77. The molecule has 0 radical (unpaired) electrons. The van der Waals surface area contributed by atoms with E-state index in [0.717, 1.165) is 11.0 Å². The van der Waals surface area contributed by atoms with Gasteiger partial charge in [-0.25, -0.2) is 4.79 Å². The minimum atomic E-state index is -0.0349. The highest BCUT2D eigenvalue weighted by molar-refractivity contribution is 6.17. The predicted molar refractivity (Wildman–Crippen MR) is 66.0 cm³/mol. The molecule has 2 N–H and O–H groups in total. The smallest absolute Gasteiger partial charge is 0.329 e. The normalized spacial score (nSPS) is 11.1. The van der Waals surface area contributed by atoms with Gasteiger partial charge in [-0.1, -0.05) is 12.1 Å². The summed E-state index contributed by atoms with van der Waals surface area (Å²) in [6.45, 7) is 1.52. The third-order valence-electron chi connectivity index (χ3n) is 2.59. The molecule has 0 amide bonds. The third-order valence-corrected chi connectivity index (χ3v) is 2.75. The van der Waals surface area contributed by atoms with Crippen molar-refractivity contribution in [1.29, 1.82) is 0 Å². The molecule has 0 unspecified atom stereocenters. The average molecular weight is 240 g/mol. The topological polar surface area (TPSA) is 52.9 Å². The Morgan fingerprint density at radius 3 is 2.19 bits per heavy atom. The van der Waals surface area contributed by atoms with E-state index >= 15 is 0 Å². The van der Waals surface area contributed by atoms with Crippen molar-refractivity contribution in [3.63, 3.8) is 0 Å². The Morgan fingerprint density at radius 2 is 1.69 bits per heavy atom. The van der Waals surface area contributed by atoms with E-state index in [9.17, 15) is 4.79 Å². The molecule has 1 heterocycles. The fraction of sp³-hybridized carbons (Fsp3) is 0.364. The van der Waals surface area contributed by atoms with Gasteiger partial charge in [-0.3, -0.25) is 9.13 Å². The van der Waals surface area contributed by atoms with E-state index in [4.69, 9.17) is 17.3 Å². The van der Waals surface area contributed by atoms with E-state index < -0.39 is 0 Å². The summed E-state index contributed by atoms with van der Waals surface area (Å²) in [5, 5.41) is 0. The van der Waals surface area contributed by atoms with Gasteiger partial charge in [0.05, 0.1) is 11.0 Å². The van der Waals surface area contributed by atoms with Crippen molar-refractivity contribution in [1.82, 2.24) is 9.13 Å². The number of alkyl halides is 1. The van der Waals surface area contributed by atoms with E-state index in [1.54, 1.807) is 9.13 Å². The monoisotopic (exact) mass is 239 g/mol. The molecular weight excluding hydrogens is 226 g/mol. The Hall–Kier alpha value is -1.26. The van der Waals surface area contributed by atoms with Crippen molar-refractivity contribution in [2.45, 2.75) is 13.1 Å². The number of nitrogens with zero attached hydrogens (tertiary/aromatic N) is 2. The van der Waals surface area contributed by atoms with Crippen molar-refractivity contribution < 1.29 is 0 Å². The van der Waals surface area contributed by atoms with Crippen molar-refractivity contribution in [2.24, 2.45) is 5.73 Å². The van der Waals surface area contributed by atoms with Gasteiger partial charge in [0.1, 0.15) is 0 Å². The molecule has 2 aromatic rings. The Labute approximate surface area is 98.2 Å². The molecule has 2 rings (SSSR count). The van der Waals surface area contributed by atoms with Gasteiger partial charge in [0.15, 0.2) is 0 Å². The van der Waals surface area contributed by atoms with Crippen LogP contribution in [0.25, 0.3) is 11.0 Å². The Morgan fingerprint density at radius 1 is 1.12 bits per heavy atom. The minimum absolute atomic E-state index is 0.0349. The summed E-state index contributed by atoms with van der Waals surface area (Å²) in [6, 6.07) is 7.69. The quantitative estimate of drug-likeness (QED) is 0.810. The molecule has 0 aliphatic heterocycles. The molecule has 0 saturated heterocycles. The standard InChI is InChI=1S/C11H14ClN3O/c12-5-7-14-9-3-1-2-4-10(9)15(8-6-13)11(14)16/h1-4H,5-8,13H2. The fourth-order valence-corrected chi connectivity index (χ4v) is 2.09. The number of rotatable bonds is 4. The highest BCUT2D eigenvalue weighted by atomic mass is 35.5. The lowest BCUT2D eigenvalue weighted by Crippen LogP contribution is -2.27. The second-order valence-corrected chi connectivity index (χ2v) is 3.93. The molecule has 4 nitrogen and oxygen atoms in total. The number of hydrogen-bond acceptors (Lipinski definition) is 2. The van der Waals surface area contributed by atoms with Crippen LogP contribution in [-0.2, 0) is 13.1 Å². The summed E-state index contributed by atoms with van der Waals surface area (Å²) in [5.41, 5.74) is 7.31. The number of nitrogens with two attached hydrogens (primary N) is 1. The lowest BCUT2D eigenvalue weighted by molar-refractivity contribution is 0.649. The zero-order chi connectivity index (χ0) is 11.5. The zero-order valence-electron chi connectivity index (χ0n) is 8.90. The molecular formula is C11H14ClN3O. The highest BCUT2D eigenvalue weighted by Gasteiger charge is 2.10. The number of fused-ring (bicyclic) bond motifs is 1. The first-order chi connectivity index (χ1) is 7.79. The maximum atomic E-state index is 12.1. The maximum absolute atomic E-state index is 12.1. The number of benzene rings is 1. The third kappa shape index (κ3) is 1.74. The van der Waals surface area contributed by atoms with E-state index in [1.807, 2.05) is 24.3 Å². The molecule has 0 fully saturated rings. The van der Waals surface area contributed by atoms with Crippen LogP contribution in [0, 0.1) is 0 Å². The van der Waals surface area contributed by atoms with E-state index in [-0.39, 0.29) is 5.69 Å². The van der Waals surface area contributed by atoms with Crippen LogP contribution in [0.4, 0.5) is 0 Å². The van der Waals surface area contributed by atoms with Gasteiger partial charge in [0.2, 0.25) is 0 Å². The van der Waals surface area contributed by atoms with Crippen LogP contribution < -0.4 is 11.4 Å². The molecule has 0 saturated carbocycles. The summed E-state index contributed by atoms with van der Waals surface area (Å²) >= 11 is 5.70. The van der Waals surface area contributed by atoms with Gasteiger partial charge in [-0.15, -0.1) is 11.6 Å². The molecule has 0 aliphatic rings. The number of imidazole rings is 1. The lowest BCUT2D eigenvalue weighted by Gasteiger charge is -1.98. The molecule has 0 aliphatic carbocycles. The summed E-state index contributed by atoms with van der Waals surface area (Å²) in [7, 11) is 0. The van der Waals surface area contributed by atoms with Gasteiger partial charge in [0.25, 0.3) is 0 Å².